The van der Waals surface area contributed by atoms with Gasteiger partial charge >= 0.3 is 0 Å². The normalized spacial score (nSPS) is 13.9. The smallest absolute Gasteiger partial charge is 0.261 e. The molecule has 0 saturated carbocycles. The molecule has 2 heterocycles. The summed E-state index contributed by atoms with van der Waals surface area (Å²) in [5.74, 6) is -0.845. The van der Waals surface area contributed by atoms with Gasteiger partial charge in [0.25, 0.3) is 5.91 Å². The number of hydrogen-bond acceptors (Lipinski definition) is 3. The van der Waals surface area contributed by atoms with Crippen LogP contribution in [0.3, 0.4) is 0 Å². The molecule has 3 N–H and O–H groups in total. The number of rotatable bonds is 2. The number of amides is 1. The first-order valence-electron chi connectivity index (χ1n) is 6.19. The van der Waals surface area contributed by atoms with Crippen molar-refractivity contribution >= 4 is 23.3 Å². The standard InChI is InChI=1S/C13H12ClFN4O/c14-8-2-1-3-9(15)11(8)13(20)17-12-7-6-16-5-4-10(7)18-19-12/h1-3,16H,4-6H2,(H2,17,18,19,20). The lowest BCUT2D eigenvalue weighted by Gasteiger charge is -2.13. The number of carbonyl (C=O) groups is 1. The van der Waals surface area contributed by atoms with Crippen LogP contribution in [-0.4, -0.2) is 22.6 Å². The molecule has 0 aliphatic carbocycles. The molecule has 0 spiro atoms. The average Bonchev–Trinajstić information content (AvgIpc) is 2.82. The van der Waals surface area contributed by atoms with Gasteiger partial charge in [-0.05, 0) is 12.1 Å². The van der Waals surface area contributed by atoms with E-state index in [1.165, 1.54) is 18.2 Å². The van der Waals surface area contributed by atoms with Gasteiger partial charge in [0, 0.05) is 30.8 Å². The minimum absolute atomic E-state index is 0.0741. The molecular formula is C13H12ClFN4O. The summed E-state index contributed by atoms with van der Waals surface area (Å²) >= 11 is 5.87. The number of anilines is 1. The summed E-state index contributed by atoms with van der Waals surface area (Å²) in [6.07, 6.45) is 0.818. The van der Waals surface area contributed by atoms with E-state index in [1.54, 1.807) is 0 Å². The third-order valence-electron chi connectivity index (χ3n) is 3.23. The van der Waals surface area contributed by atoms with E-state index in [-0.39, 0.29) is 10.6 Å². The predicted molar refractivity (Wildman–Crippen MR) is 73.4 cm³/mol. The van der Waals surface area contributed by atoms with Gasteiger partial charge in [0.1, 0.15) is 5.82 Å². The molecule has 20 heavy (non-hydrogen) atoms. The molecule has 1 aromatic heterocycles. The molecule has 1 aliphatic rings. The van der Waals surface area contributed by atoms with E-state index in [0.29, 0.717) is 12.4 Å². The summed E-state index contributed by atoms with van der Waals surface area (Å²) in [7, 11) is 0. The van der Waals surface area contributed by atoms with Gasteiger partial charge in [-0.2, -0.15) is 5.10 Å². The molecule has 2 aromatic rings. The summed E-state index contributed by atoms with van der Waals surface area (Å²) < 4.78 is 13.7. The largest absolute Gasteiger partial charge is 0.312 e. The van der Waals surface area contributed by atoms with Crippen LogP contribution in [0.15, 0.2) is 18.2 Å². The lowest BCUT2D eigenvalue weighted by atomic mass is 10.1. The molecule has 7 heteroatoms. The van der Waals surface area contributed by atoms with Crippen molar-refractivity contribution in [1.29, 1.82) is 0 Å². The number of fused-ring (bicyclic) bond motifs is 1. The molecule has 0 radical (unpaired) electrons. The second kappa shape index (κ2) is 5.22. The highest BCUT2D eigenvalue weighted by Crippen LogP contribution is 2.23. The number of aromatic amines is 1. The Bertz CT molecular complexity index is 650. The number of hydrogen-bond donors (Lipinski definition) is 3. The summed E-state index contributed by atoms with van der Waals surface area (Å²) in [5, 5.41) is 12.8. The molecule has 0 saturated heterocycles. The molecule has 0 unspecified atom stereocenters. The van der Waals surface area contributed by atoms with Crippen LogP contribution in [0, 0.1) is 5.82 Å². The van der Waals surface area contributed by atoms with E-state index in [9.17, 15) is 9.18 Å². The fourth-order valence-electron chi connectivity index (χ4n) is 2.21. The zero-order valence-electron chi connectivity index (χ0n) is 10.5. The van der Waals surface area contributed by atoms with Crippen LogP contribution < -0.4 is 10.6 Å². The van der Waals surface area contributed by atoms with Crippen molar-refractivity contribution in [1.82, 2.24) is 15.5 Å². The summed E-state index contributed by atoms with van der Waals surface area (Å²) in [4.78, 5) is 12.1. The Balaban J connectivity index is 1.88. The lowest BCUT2D eigenvalue weighted by molar-refractivity contribution is 0.102. The van der Waals surface area contributed by atoms with Crippen LogP contribution in [0.2, 0.25) is 5.02 Å². The minimum atomic E-state index is -0.655. The molecule has 5 nitrogen and oxygen atoms in total. The average molecular weight is 295 g/mol. The van der Waals surface area contributed by atoms with Gasteiger partial charge in [0.2, 0.25) is 0 Å². The number of benzene rings is 1. The fraction of sp³-hybridized carbons (Fsp3) is 0.231. The van der Waals surface area contributed by atoms with Crippen LogP contribution >= 0.6 is 11.6 Å². The van der Waals surface area contributed by atoms with Crippen molar-refractivity contribution in [2.75, 3.05) is 11.9 Å². The number of H-pyrrole nitrogens is 1. The zero-order chi connectivity index (χ0) is 14.1. The molecule has 104 valence electrons. The molecule has 0 fully saturated rings. The second-order valence-electron chi connectivity index (χ2n) is 4.51. The molecule has 0 bridgehead atoms. The third kappa shape index (κ3) is 2.28. The monoisotopic (exact) mass is 294 g/mol. The van der Waals surface area contributed by atoms with E-state index in [0.717, 1.165) is 24.2 Å². The van der Waals surface area contributed by atoms with E-state index in [1.807, 2.05) is 0 Å². The van der Waals surface area contributed by atoms with Gasteiger partial charge < -0.3 is 10.6 Å². The van der Waals surface area contributed by atoms with Crippen LogP contribution in [0.5, 0.6) is 0 Å². The van der Waals surface area contributed by atoms with Crippen LogP contribution in [0.25, 0.3) is 0 Å². The Hall–Kier alpha value is -1.92. The predicted octanol–water partition coefficient (Wildman–Crippen LogP) is 2.10. The topological polar surface area (TPSA) is 69.8 Å². The molecule has 1 aliphatic heterocycles. The Morgan fingerprint density at radius 3 is 3.10 bits per heavy atom. The number of nitrogens with zero attached hydrogens (tertiary/aromatic N) is 1. The Morgan fingerprint density at radius 1 is 1.45 bits per heavy atom. The summed E-state index contributed by atoms with van der Waals surface area (Å²) in [6.45, 7) is 1.48. The summed E-state index contributed by atoms with van der Waals surface area (Å²) in [5.41, 5.74) is 1.71. The third-order valence-corrected chi connectivity index (χ3v) is 3.54. The van der Waals surface area contributed by atoms with Crippen molar-refractivity contribution < 1.29 is 9.18 Å². The second-order valence-corrected chi connectivity index (χ2v) is 4.91. The van der Waals surface area contributed by atoms with Crippen LogP contribution in [0.1, 0.15) is 21.6 Å². The molecular weight excluding hydrogens is 283 g/mol. The molecule has 3 rings (SSSR count). The van der Waals surface area contributed by atoms with Crippen molar-refractivity contribution in [3.8, 4) is 0 Å². The number of carbonyl (C=O) groups excluding carboxylic acids is 1. The maximum atomic E-state index is 13.7. The Labute approximate surface area is 119 Å². The van der Waals surface area contributed by atoms with E-state index >= 15 is 0 Å². The zero-order valence-corrected chi connectivity index (χ0v) is 11.2. The van der Waals surface area contributed by atoms with Crippen molar-refractivity contribution in [2.45, 2.75) is 13.0 Å². The maximum absolute atomic E-state index is 13.7. The summed E-state index contributed by atoms with van der Waals surface area (Å²) in [6, 6.07) is 4.12. The van der Waals surface area contributed by atoms with Crippen LogP contribution in [0.4, 0.5) is 10.2 Å². The van der Waals surface area contributed by atoms with E-state index in [4.69, 9.17) is 11.6 Å². The number of halogens is 2. The Kier molecular flexibility index (Phi) is 3.42. The van der Waals surface area contributed by atoms with Gasteiger partial charge in [-0.1, -0.05) is 17.7 Å². The van der Waals surface area contributed by atoms with Gasteiger partial charge in [-0.15, -0.1) is 0 Å². The van der Waals surface area contributed by atoms with E-state index in [2.05, 4.69) is 20.8 Å². The lowest BCUT2D eigenvalue weighted by Crippen LogP contribution is -2.24. The van der Waals surface area contributed by atoms with Gasteiger partial charge in [0.05, 0.1) is 10.6 Å². The minimum Gasteiger partial charge on any atom is -0.312 e. The van der Waals surface area contributed by atoms with Crippen LogP contribution in [-0.2, 0) is 13.0 Å². The molecule has 1 aromatic carbocycles. The van der Waals surface area contributed by atoms with Gasteiger partial charge in [0.15, 0.2) is 5.82 Å². The Morgan fingerprint density at radius 2 is 2.30 bits per heavy atom. The van der Waals surface area contributed by atoms with Gasteiger partial charge in [-0.3, -0.25) is 9.89 Å². The first-order chi connectivity index (χ1) is 9.66. The van der Waals surface area contributed by atoms with Crippen molar-refractivity contribution in [3.63, 3.8) is 0 Å². The molecule has 1 amide bonds. The highest BCUT2D eigenvalue weighted by atomic mass is 35.5. The first-order valence-corrected chi connectivity index (χ1v) is 6.57. The highest BCUT2D eigenvalue weighted by molar-refractivity contribution is 6.34. The van der Waals surface area contributed by atoms with E-state index < -0.39 is 11.7 Å². The van der Waals surface area contributed by atoms with Gasteiger partial charge in [-0.25, -0.2) is 4.39 Å². The maximum Gasteiger partial charge on any atom is 0.261 e. The first kappa shape index (κ1) is 13.1. The SMILES string of the molecule is O=C(Nc1n[nH]c2c1CNCC2)c1c(F)cccc1Cl. The number of nitrogens with one attached hydrogen (secondary N) is 3. The quantitative estimate of drug-likeness (QED) is 0.794. The number of aromatic nitrogens is 2. The van der Waals surface area contributed by atoms with Crippen molar-refractivity contribution in [2.24, 2.45) is 0 Å². The fourth-order valence-corrected chi connectivity index (χ4v) is 2.46. The molecule has 0 atom stereocenters. The van der Waals surface area contributed by atoms with Crippen molar-refractivity contribution in [3.05, 3.63) is 45.9 Å². The highest BCUT2D eigenvalue weighted by Gasteiger charge is 2.21.